The molecular formula is C61H113N2O7P. The number of phosphoric acid groups is 1. The number of quaternary nitrogens is 1. The van der Waals surface area contributed by atoms with Crippen molar-refractivity contribution in [3.63, 3.8) is 0 Å². The molecule has 9 nitrogen and oxygen atoms in total. The van der Waals surface area contributed by atoms with Crippen LogP contribution >= 0.6 is 7.82 Å². The minimum Gasteiger partial charge on any atom is -0.756 e. The van der Waals surface area contributed by atoms with E-state index in [1.807, 2.05) is 33.3 Å². The molecule has 1 N–H and O–H groups in total. The van der Waals surface area contributed by atoms with E-state index in [1.54, 1.807) is 0 Å². The number of esters is 1. The Morgan fingerprint density at radius 3 is 1.31 bits per heavy atom. The van der Waals surface area contributed by atoms with Crippen LogP contribution in [0.4, 0.5) is 0 Å². The summed E-state index contributed by atoms with van der Waals surface area (Å²) in [5, 5.41) is 3.01. The van der Waals surface area contributed by atoms with Gasteiger partial charge in [-0.1, -0.05) is 236 Å². The van der Waals surface area contributed by atoms with E-state index in [1.165, 1.54) is 135 Å². The molecule has 0 saturated carbocycles. The van der Waals surface area contributed by atoms with Crippen molar-refractivity contribution in [1.29, 1.82) is 0 Å². The van der Waals surface area contributed by atoms with Crippen LogP contribution in [-0.4, -0.2) is 69.4 Å². The van der Waals surface area contributed by atoms with Crippen LogP contribution in [0.1, 0.15) is 265 Å². The van der Waals surface area contributed by atoms with Gasteiger partial charge in [0.2, 0.25) is 5.91 Å². The molecule has 414 valence electrons. The summed E-state index contributed by atoms with van der Waals surface area (Å²) in [7, 11) is 1.17. The number of unbranched alkanes of at least 4 members (excludes halogenated alkanes) is 29. The van der Waals surface area contributed by atoms with Gasteiger partial charge >= 0.3 is 5.97 Å². The first-order chi connectivity index (χ1) is 34.4. The molecule has 0 aromatic heterocycles. The number of rotatable bonds is 53. The molecule has 0 radical (unpaired) electrons. The number of allylic oxidation sites excluding steroid dienone is 9. The lowest BCUT2D eigenvalue weighted by atomic mass is 10.0. The fourth-order valence-corrected chi connectivity index (χ4v) is 9.05. The molecular weight excluding hydrogens is 904 g/mol. The van der Waals surface area contributed by atoms with E-state index in [9.17, 15) is 19.0 Å². The van der Waals surface area contributed by atoms with Gasteiger partial charge in [-0.25, -0.2) is 0 Å². The van der Waals surface area contributed by atoms with Gasteiger partial charge in [-0.3, -0.25) is 14.2 Å². The Labute approximate surface area is 439 Å². The van der Waals surface area contributed by atoms with Gasteiger partial charge in [0.25, 0.3) is 7.82 Å². The van der Waals surface area contributed by atoms with Crippen LogP contribution < -0.4 is 10.2 Å². The number of carbonyl (C=O) groups excluding carboxylic acids is 2. The van der Waals surface area contributed by atoms with Crippen LogP contribution in [-0.2, 0) is 27.9 Å². The van der Waals surface area contributed by atoms with Crippen LogP contribution in [0.25, 0.3) is 0 Å². The Hall–Kier alpha value is -2.29. The third kappa shape index (κ3) is 52.4. The zero-order chi connectivity index (χ0) is 52.2. The maximum atomic E-state index is 13.5. The highest BCUT2D eigenvalue weighted by Crippen LogP contribution is 2.38. The molecule has 0 bridgehead atoms. The highest BCUT2D eigenvalue weighted by molar-refractivity contribution is 7.45. The second kappa shape index (κ2) is 51.2. The summed E-state index contributed by atoms with van der Waals surface area (Å²) in [5.41, 5.74) is 0. The number of amides is 1. The summed E-state index contributed by atoms with van der Waals surface area (Å²) in [6, 6.07) is -0.896. The Bertz CT molecular complexity index is 1400. The van der Waals surface area contributed by atoms with E-state index < -0.39 is 26.6 Å². The molecule has 0 aromatic rings. The minimum atomic E-state index is -4.70. The van der Waals surface area contributed by atoms with Gasteiger partial charge in [0.15, 0.2) is 0 Å². The van der Waals surface area contributed by atoms with Gasteiger partial charge < -0.3 is 28.5 Å². The van der Waals surface area contributed by atoms with E-state index in [0.717, 1.165) is 96.3 Å². The lowest BCUT2D eigenvalue weighted by Gasteiger charge is -2.30. The molecule has 10 heteroatoms. The van der Waals surface area contributed by atoms with Gasteiger partial charge in [-0.15, -0.1) is 0 Å². The summed E-state index contributed by atoms with van der Waals surface area (Å²) < 4.78 is 30.2. The highest BCUT2D eigenvalue weighted by Gasteiger charge is 2.27. The number of nitrogens with zero attached hydrogens (tertiary/aromatic N) is 1. The smallest absolute Gasteiger partial charge is 0.306 e. The average Bonchev–Trinajstić information content (AvgIpc) is 3.33. The molecule has 0 rings (SSSR count). The maximum absolute atomic E-state index is 13.5. The van der Waals surface area contributed by atoms with Crippen molar-refractivity contribution in [3.05, 3.63) is 60.8 Å². The number of ether oxygens (including phenoxy) is 1. The molecule has 0 aliphatic carbocycles. The standard InChI is InChI=1S/C61H113N2O7P/c1-7-10-13-16-19-22-25-27-28-29-30-31-32-33-34-36-39-41-44-47-50-53-60(64)62-58(57-69-71(66,67)68-56-55-63(4,5)6)59(52-49-46-43-40-38-35-26-23-20-17-14-11-8-2)70-61(65)54-51-48-45-42-37-24-21-18-15-12-9-3/h19,22,27-28,30-31,33-34,49,52,58-59H,7-18,20-21,23-26,29,32,35-48,50-51,53-57H2,1-6H3,(H-,62,64,66,67)/b22-19-,28-27-,31-30-,34-33-,52-49+. The van der Waals surface area contributed by atoms with Crippen molar-refractivity contribution in [3.8, 4) is 0 Å². The molecule has 0 aromatic carbocycles. The number of hydrogen-bond donors (Lipinski definition) is 1. The highest BCUT2D eigenvalue weighted by atomic mass is 31.2. The van der Waals surface area contributed by atoms with Gasteiger partial charge in [0.1, 0.15) is 19.3 Å². The van der Waals surface area contributed by atoms with Crippen LogP contribution in [0.2, 0.25) is 0 Å². The first-order valence-corrected chi connectivity index (χ1v) is 31.1. The molecule has 0 aliphatic heterocycles. The number of phosphoric ester groups is 1. The summed E-state index contributed by atoms with van der Waals surface area (Å²) in [5.74, 6) is -0.559. The first kappa shape index (κ1) is 68.7. The largest absolute Gasteiger partial charge is 0.756 e. The van der Waals surface area contributed by atoms with Crippen molar-refractivity contribution in [2.45, 2.75) is 277 Å². The van der Waals surface area contributed by atoms with E-state index in [-0.39, 0.29) is 24.9 Å². The third-order valence-corrected chi connectivity index (χ3v) is 13.9. The van der Waals surface area contributed by atoms with E-state index in [4.69, 9.17) is 13.8 Å². The predicted molar refractivity (Wildman–Crippen MR) is 302 cm³/mol. The van der Waals surface area contributed by atoms with Gasteiger partial charge in [0, 0.05) is 12.8 Å². The topological polar surface area (TPSA) is 114 Å². The molecule has 0 heterocycles. The van der Waals surface area contributed by atoms with Crippen molar-refractivity contribution < 1.29 is 37.3 Å². The molecule has 1 amide bonds. The monoisotopic (exact) mass is 1020 g/mol. The molecule has 0 aliphatic rings. The van der Waals surface area contributed by atoms with E-state index >= 15 is 0 Å². The molecule has 0 fully saturated rings. The molecule has 3 atom stereocenters. The summed E-state index contributed by atoms with van der Waals surface area (Å²) in [6.45, 7) is 6.80. The first-order valence-electron chi connectivity index (χ1n) is 29.6. The maximum Gasteiger partial charge on any atom is 0.306 e. The SMILES string of the molecule is CCCCC/C=C\C/C=C\C/C=C\C/C=C\CCCCCCCC(=O)NC(COP(=O)([O-])OCC[N+](C)(C)C)C(/C=C/CCCCCCCCCCCCC)OC(=O)CCCCCCCCCCCCC. The number of nitrogens with one attached hydrogen (secondary N) is 1. The second-order valence-electron chi connectivity index (χ2n) is 21.2. The lowest BCUT2D eigenvalue weighted by molar-refractivity contribution is -0.870. The van der Waals surface area contributed by atoms with Crippen molar-refractivity contribution >= 4 is 19.7 Å². The van der Waals surface area contributed by atoms with Gasteiger partial charge in [-0.2, -0.15) is 0 Å². The minimum absolute atomic E-state index is 0.0267. The van der Waals surface area contributed by atoms with Crippen molar-refractivity contribution in [2.24, 2.45) is 0 Å². The number of carbonyl (C=O) groups is 2. The average molecular weight is 1020 g/mol. The fourth-order valence-electron chi connectivity index (χ4n) is 8.33. The van der Waals surface area contributed by atoms with Gasteiger partial charge in [-0.05, 0) is 76.7 Å². The van der Waals surface area contributed by atoms with Crippen LogP contribution in [0.3, 0.4) is 0 Å². The van der Waals surface area contributed by atoms with E-state index in [2.05, 4.69) is 74.7 Å². The van der Waals surface area contributed by atoms with Crippen molar-refractivity contribution in [1.82, 2.24) is 5.32 Å². The fraction of sp³-hybridized carbons (Fsp3) is 0.803. The Balaban J connectivity index is 5.30. The van der Waals surface area contributed by atoms with Crippen LogP contribution in [0, 0.1) is 0 Å². The molecule has 3 unspecified atom stereocenters. The summed E-state index contributed by atoms with van der Waals surface area (Å²) >= 11 is 0. The molecule has 0 saturated heterocycles. The zero-order valence-electron chi connectivity index (χ0n) is 47.2. The Morgan fingerprint density at radius 1 is 0.493 bits per heavy atom. The zero-order valence-corrected chi connectivity index (χ0v) is 48.1. The van der Waals surface area contributed by atoms with Crippen molar-refractivity contribution in [2.75, 3.05) is 40.9 Å². The molecule has 71 heavy (non-hydrogen) atoms. The van der Waals surface area contributed by atoms with E-state index in [0.29, 0.717) is 17.4 Å². The lowest BCUT2D eigenvalue weighted by Crippen LogP contribution is -2.47. The predicted octanol–water partition coefficient (Wildman–Crippen LogP) is 17.3. The normalized spacial score (nSPS) is 14.2. The van der Waals surface area contributed by atoms with Crippen LogP contribution in [0.5, 0.6) is 0 Å². The Kier molecular flexibility index (Phi) is 49.6. The quantitative estimate of drug-likeness (QED) is 0.0212. The summed E-state index contributed by atoms with van der Waals surface area (Å²) in [4.78, 5) is 39.8. The second-order valence-corrected chi connectivity index (χ2v) is 22.6. The third-order valence-electron chi connectivity index (χ3n) is 13.0. The number of likely N-dealkylation sites (N-methyl/N-ethyl adjacent to an activating group) is 1. The van der Waals surface area contributed by atoms with Crippen LogP contribution in [0.15, 0.2) is 60.8 Å². The van der Waals surface area contributed by atoms with Gasteiger partial charge in [0.05, 0.1) is 33.8 Å². The number of hydrogen-bond acceptors (Lipinski definition) is 7. The molecule has 0 spiro atoms. The summed E-state index contributed by atoms with van der Waals surface area (Å²) in [6.07, 6.45) is 63.2. The Morgan fingerprint density at radius 2 is 0.859 bits per heavy atom.